The Labute approximate surface area is 196 Å². The van der Waals surface area contributed by atoms with Crippen LogP contribution in [0.3, 0.4) is 0 Å². The average Bonchev–Trinajstić information content (AvgIpc) is 3.06. The van der Waals surface area contributed by atoms with E-state index in [-0.39, 0.29) is 17.8 Å². The van der Waals surface area contributed by atoms with Gasteiger partial charge in [0.2, 0.25) is 12.3 Å². The summed E-state index contributed by atoms with van der Waals surface area (Å²) in [4.78, 5) is 37.5. The molecule has 0 aromatic heterocycles. The summed E-state index contributed by atoms with van der Waals surface area (Å²) in [5.74, 6) is -1.95. The lowest BCUT2D eigenvalue weighted by atomic mass is 10.0. The first-order valence-electron chi connectivity index (χ1n) is 10.6. The molecular formula is C26H23N3O5. The molecule has 8 heteroatoms. The summed E-state index contributed by atoms with van der Waals surface area (Å²) in [6.45, 7) is 1.59. The van der Waals surface area contributed by atoms with Gasteiger partial charge in [0.15, 0.2) is 0 Å². The van der Waals surface area contributed by atoms with E-state index >= 15 is 0 Å². The molecule has 0 spiro atoms. The molecule has 172 valence electrons. The zero-order valence-electron chi connectivity index (χ0n) is 18.4. The number of hydrogen-bond donors (Lipinski definition) is 4. The fourth-order valence-corrected chi connectivity index (χ4v) is 3.69. The Morgan fingerprint density at radius 3 is 2.47 bits per heavy atom. The maximum Gasteiger partial charge on any atom is 0.335 e. The van der Waals surface area contributed by atoms with Crippen LogP contribution in [0.1, 0.15) is 21.5 Å². The van der Waals surface area contributed by atoms with Gasteiger partial charge in [0.1, 0.15) is 12.2 Å². The molecule has 3 aromatic rings. The molecule has 0 aliphatic carbocycles. The van der Waals surface area contributed by atoms with E-state index in [1.807, 2.05) is 37.3 Å². The first-order chi connectivity index (χ1) is 16.3. The molecule has 2 amide bonds. The van der Waals surface area contributed by atoms with Gasteiger partial charge in [0.25, 0.3) is 5.91 Å². The Hall–Kier alpha value is -4.43. The van der Waals surface area contributed by atoms with E-state index in [0.717, 1.165) is 21.6 Å². The second-order valence-corrected chi connectivity index (χ2v) is 7.94. The molecule has 0 bridgehead atoms. The molecule has 8 nitrogen and oxygen atoms in total. The number of nitrogens with one attached hydrogen (secondary N) is 2. The molecule has 1 atom stereocenters. The van der Waals surface area contributed by atoms with Crippen LogP contribution in [0.5, 0.6) is 0 Å². The van der Waals surface area contributed by atoms with E-state index in [1.165, 1.54) is 6.07 Å². The Bertz CT molecular complexity index is 1300. The number of aromatic carboxylic acids is 1. The number of aryl methyl sites for hydroxylation is 1. The lowest BCUT2D eigenvalue weighted by molar-refractivity contribution is -0.136. The van der Waals surface area contributed by atoms with Gasteiger partial charge in [0, 0.05) is 5.69 Å². The van der Waals surface area contributed by atoms with Crippen molar-refractivity contribution in [2.75, 3.05) is 11.9 Å². The summed E-state index contributed by atoms with van der Waals surface area (Å²) in [5, 5.41) is 24.9. The molecule has 1 aliphatic heterocycles. The number of carbonyl (C=O) groups is 3. The van der Waals surface area contributed by atoms with Crippen molar-refractivity contribution < 1.29 is 24.6 Å². The number of hydrogen-bond acceptors (Lipinski definition) is 5. The molecule has 1 unspecified atom stereocenters. The summed E-state index contributed by atoms with van der Waals surface area (Å²) in [6.07, 6.45) is 0.242. The number of carboxylic acids is 1. The number of carboxylic acid groups (broad SMARTS) is 1. The van der Waals surface area contributed by atoms with Gasteiger partial charge in [-0.25, -0.2) is 4.79 Å². The zero-order valence-corrected chi connectivity index (χ0v) is 18.4. The normalized spacial score (nSPS) is 16.4. The van der Waals surface area contributed by atoms with E-state index in [0.29, 0.717) is 11.3 Å². The largest absolute Gasteiger partial charge is 0.478 e. The van der Waals surface area contributed by atoms with Crippen LogP contribution >= 0.6 is 0 Å². The molecule has 4 rings (SSSR count). The first kappa shape index (κ1) is 22.8. The van der Waals surface area contributed by atoms with E-state index in [1.54, 1.807) is 42.5 Å². The van der Waals surface area contributed by atoms with Crippen molar-refractivity contribution in [3.63, 3.8) is 0 Å². The van der Waals surface area contributed by atoms with Crippen LogP contribution < -0.4 is 10.6 Å². The Balaban J connectivity index is 1.49. The predicted octanol–water partition coefficient (Wildman–Crippen LogP) is 3.05. The van der Waals surface area contributed by atoms with Crippen molar-refractivity contribution >= 4 is 29.5 Å². The first-order valence-corrected chi connectivity index (χ1v) is 10.6. The maximum atomic E-state index is 12.8. The van der Waals surface area contributed by atoms with Crippen molar-refractivity contribution in [3.05, 3.63) is 95.2 Å². The summed E-state index contributed by atoms with van der Waals surface area (Å²) >= 11 is 0. The van der Waals surface area contributed by atoms with Gasteiger partial charge in [-0.2, -0.15) is 0 Å². The van der Waals surface area contributed by atoms with Gasteiger partial charge < -0.3 is 20.8 Å². The third-order valence-corrected chi connectivity index (χ3v) is 5.33. The molecule has 1 saturated heterocycles. The van der Waals surface area contributed by atoms with Crippen molar-refractivity contribution in [3.8, 4) is 11.1 Å². The van der Waals surface area contributed by atoms with Gasteiger partial charge in [-0.05, 0) is 65.6 Å². The minimum absolute atomic E-state index is 0.146. The zero-order chi connectivity index (χ0) is 24.2. The van der Waals surface area contributed by atoms with Crippen molar-refractivity contribution in [1.29, 1.82) is 0 Å². The summed E-state index contributed by atoms with van der Waals surface area (Å²) in [7, 11) is 0. The van der Waals surface area contributed by atoms with Crippen LogP contribution in [0.4, 0.5) is 5.69 Å². The lowest BCUT2D eigenvalue weighted by Crippen LogP contribution is -2.42. The van der Waals surface area contributed by atoms with Gasteiger partial charge >= 0.3 is 5.97 Å². The SMILES string of the molecule is Cc1cccc(NC(=O)CN2C(=O)/C(=C/c3cccc(-c4cccc(C(=O)O)c4)c3)NC2O)c1. The fourth-order valence-electron chi connectivity index (χ4n) is 3.69. The molecule has 3 aromatic carbocycles. The van der Waals surface area contributed by atoms with Crippen LogP contribution in [0.15, 0.2) is 78.5 Å². The second kappa shape index (κ2) is 9.60. The van der Waals surface area contributed by atoms with Crippen LogP contribution in [0.2, 0.25) is 0 Å². The Morgan fingerprint density at radius 1 is 1.03 bits per heavy atom. The molecule has 0 radical (unpaired) electrons. The smallest absolute Gasteiger partial charge is 0.335 e. The molecule has 0 saturated carbocycles. The Kier molecular flexibility index (Phi) is 6.42. The number of aliphatic hydroxyl groups excluding tert-OH is 1. The van der Waals surface area contributed by atoms with E-state index in [9.17, 15) is 24.6 Å². The number of nitrogens with zero attached hydrogens (tertiary/aromatic N) is 1. The molecule has 1 heterocycles. The van der Waals surface area contributed by atoms with Crippen LogP contribution in [-0.2, 0) is 9.59 Å². The van der Waals surface area contributed by atoms with Crippen molar-refractivity contribution in [2.24, 2.45) is 0 Å². The fraction of sp³-hybridized carbons (Fsp3) is 0.115. The number of carbonyl (C=O) groups excluding carboxylic acids is 2. The van der Waals surface area contributed by atoms with Gasteiger partial charge in [0.05, 0.1) is 5.56 Å². The van der Waals surface area contributed by atoms with Gasteiger partial charge in [-0.15, -0.1) is 0 Å². The van der Waals surface area contributed by atoms with Crippen LogP contribution in [-0.4, -0.2) is 45.8 Å². The quantitative estimate of drug-likeness (QED) is 0.423. The minimum Gasteiger partial charge on any atom is -0.478 e. The summed E-state index contributed by atoms with van der Waals surface area (Å²) in [6, 6.07) is 21.1. The van der Waals surface area contributed by atoms with Crippen LogP contribution in [0, 0.1) is 6.92 Å². The monoisotopic (exact) mass is 457 g/mol. The standard InChI is InChI=1S/C26H23N3O5/c1-16-5-2-10-21(11-16)27-23(30)15-29-24(31)22(28-26(29)34)13-17-6-3-7-18(12-17)19-8-4-9-20(14-19)25(32)33/h2-14,26,28,34H,15H2,1H3,(H,27,30)(H,32,33)/b22-13-. The summed E-state index contributed by atoms with van der Waals surface area (Å²) < 4.78 is 0. The van der Waals surface area contributed by atoms with Gasteiger partial charge in [-0.3, -0.25) is 14.5 Å². The van der Waals surface area contributed by atoms with E-state index in [4.69, 9.17) is 0 Å². The number of benzene rings is 3. The molecule has 34 heavy (non-hydrogen) atoms. The highest BCUT2D eigenvalue weighted by Crippen LogP contribution is 2.24. The second-order valence-electron chi connectivity index (χ2n) is 7.94. The topological polar surface area (TPSA) is 119 Å². The third-order valence-electron chi connectivity index (χ3n) is 5.33. The molecule has 4 N–H and O–H groups in total. The molecular weight excluding hydrogens is 434 g/mol. The predicted molar refractivity (Wildman–Crippen MR) is 127 cm³/mol. The summed E-state index contributed by atoms with van der Waals surface area (Å²) in [5.41, 5.74) is 4.09. The third kappa shape index (κ3) is 5.13. The van der Waals surface area contributed by atoms with Crippen molar-refractivity contribution in [1.82, 2.24) is 10.2 Å². The average molecular weight is 457 g/mol. The van der Waals surface area contributed by atoms with Crippen molar-refractivity contribution in [2.45, 2.75) is 13.3 Å². The number of aliphatic hydroxyl groups is 1. The van der Waals surface area contributed by atoms with Crippen LogP contribution in [0.25, 0.3) is 17.2 Å². The minimum atomic E-state index is -1.34. The number of rotatable bonds is 6. The highest BCUT2D eigenvalue weighted by molar-refractivity contribution is 6.02. The lowest BCUT2D eigenvalue weighted by Gasteiger charge is -2.18. The molecule has 1 aliphatic rings. The van der Waals surface area contributed by atoms with Gasteiger partial charge in [-0.1, -0.05) is 42.5 Å². The van der Waals surface area contributed by atoms with E-state index < -0.39 is 24.1 Å². The highest BCUT2D eigenvalue weighted by atomic mass is 16.4. The number of amides is 2. The van der Waals surface area contributed by atoms with E-state index in [2.05, 4.69) is 10.6 Å². The molecule has 1 fully saturated rings. The number of anilines is 1. The maximum absolute atomic E-state index is 12.8. The Morgan fingerprint density at radius 2 is 1.74 bits per heavy atom. The highest BCUT2D eigenvalue weighted by Gasteiger charge is 2.34.